The highest BCUT2D eigenvalue weighted by atomic mass is 35.5. The third-order valence-corrected chi connectivity index (χ3v) is 9.16. The monoisotopic (exact) mass is 789 g/mol. The molecule has 0 saturated carbocycles. The highest BCUT2D eigenvalue weighted by Gasteiger charge is 2.28. The van der Waals surface area contributed by atoms with Crippen LogP contribution in [0.4, 0.5) is 0 Å². The predicted octanol–water partition coefficient (Wildman–Crippen LogP) is 4.51. The van der Waals surface area contributed by atoms with Crippen LogP contribution in [-0.4, -0.2) is 132 Å². The van der Waals surface area contributed by atoms with Gasteiger partial charge in [0.25, 0.3) is 0 Å². The van der Waals surface area contributed by atoms with Crippen molar-refractivity contribution in [3.05, 3.63) is 84.0 Å². The number of likely N-dealkylation sites (N-methyl/N-ethyl adjacent to an activating group) is 1. The fourth-order valence-electron chi connectivity index (χ4n) is 4.83. The van der Waals surface area contributed by atoms with E-state index in [0.29, 0.717) is 102 Å². The second kappa shape index (κ2) is 27.8. The Balaban J connectivity index is 0.000000526. The van der Waals surface area contributed by atoms with E-state index in [4.69, 9.17) is 68.4 Å². The maximum Gasteiger partial charge on any atom is 0.240 e. The predicted molar refractivity (Wildman–Crippen MR) is 198 cm³/mol. The molecule has 2 aromatic carbocycles. The fourth-order valence-corrected chi connectivity index (χ4v) is 6.46. The molecular weight excluding hydrogens is 741 g/mol. The van der Waals surface area contributed by atoms with E-state index in [1.165, 1.54) is 0 Å². The van der Waals surface area contributed by atoms with Crippen LogP contribution in [0.25, 0.3) is 20.9 Å². The van der Waals surface area contributed by atoms with Gasteiger partial charge in [0.15, 0.2) is 0 Å². The first-order valence-corrected chi connectivity index (χ1v) is 18.9. The molecule has 20 heteroatoms. The molecule has 290 valence electrons. The summed E-state index contributed by atoms with van der Waals surface area (Å²) in [5.74, 6) is -0.0557. The molecular formula is C32H49Cl2N9O8S. The summed E-state index contributed by atoms with van der Waals surface area (Å²) in [5, 5.41) is 7.86. The number of azide groups is 2. The van der Waals surface area contributed by atoms with E-state index in [0.717, 1.165) is 23.2 Å². The summed E-state index contributed by atoms with van der Waals surface area (Å²) in [5.41, 5.74) is 24.3. The number of fused-ring (bicyclic) bond motifs is 1. The van der Waals surface area contributed by atoms with Gasteiger partial charge in [-0.15, -0.1) is 0 Å². The molecule has 2 aromatic rings. The lowest BCUT2D eigenvalue weighted by molar-refractivity contribution is 0.0171. The van der Waals surface area contributed by atoms with Crippen LogP contribution >= 0.6 is 23.2 Å². The number of rotatable bonds is 26. The zero-order valence-corrected chi connectivity index (χ0v) is 31.7. The number of nitrogens with one attached hydrogen (secondary N) is 1. The van der Waals surface area contributed by atoms with Crippen LogP contribution in [0.1, 0.15) is 22.6 Å². The van der Waals surface area contributed by atoms with Crippen molar-refractivity contribution in [2.45, 2.75) is 17.4 Å². The molecule has 52 heavy (non-hydrogen) atoms. The van der Waals surface area contributed by atoms with Crippen LogP contribution in [0.2, 0.25) is 10.0 Å². The number of halogens is 2. The van der Waals surface area contributed by atoms with E-state index < -0.39 is 10.0 Å². The third kappa shape index (κ3) is 18.8. The van der Waals surface area contributed by atoms with Gasteiger partial charge in [-0.1, -0.05) is 45.6 Å². The summed E-state index contributed by atoms with van der Waals surface area (Å²) in [6, 6.07) is 10.6. The van der Waals surface area contributed by atoms with Gasteiger partial charge in [-0.25, -0.2) is 13.1 Å². The maximum absolute atomic E-state index is 12.9. The van der Waals surface area contributed by atoms with Crippen molar-refractivity contribution in [1.82, 2.24) is 9.62 Å². The minimum Gasteiger partial charge on any atom is -0.379 e. The Morgan fingerprint density at radius 2 is 1.37 bits per heavy atom. The molecule has 0 amide bonds. The van der Waals surface area contributed by atoms with Gasteiger partial charge in [0.2, 0.25) is 10.0 Å². The summed E-state index contributed by atoms with van der Waals surface area (Å²) in [7, 11) is -1.71. The molecule has 1 atom stereocenters. The van der Waals surface area contributed by atoms with Crippen LogP contribution < -0.4 is 10.5 Å². The second-order valence-electron chi connectivity index (χ2n) is 11.0. The molecule has 0 saturated heterocycles. The number of nitrogens with two attached hydrogens (primary N) is 1. The van der Waals surface area contributed by atoms with E-state index in [1.807, 2.05) is 19.2 Å². The molecule has 0 radical (unpaired) electrons. The van der Waals surface area contributed by atoms with Gasteiger partial charge in [0, 0.05) is 65.1 Å². The average molecular weight is 791 g/mol. The lowest BCUT2D eigenvalue weighted by Gasteiger charge is -2.33. The summed E-state index contributed by atoms with van der Waals surface area (Å²) >= 11 is 12.7. The van der Waals surface area contributed by atoms with Crippen LogP contribution in [0.3, 0.4) is 0 Å². The van der Waals surface area contributed by atoms with Crippen LogP contribution in [0.15, 0.2) is 51.5 Å². The van der Waals surface area contributed by atoms with Crippen molar-refractivity contribution in [1.29, 1.82) is 0 Å². The molecule has 1 aliphatic rings. The van der Waals surface area contributed by atoms with E-state index in [2.05, 4.69) is 29.7 Å². The molecule has 1 heterocycles. The third-order valence-electron chi connectivity index (χ3n) is 7.15. The fraction of sp³-hybridized carbons (Fsp3) is 0.625. The van der Waals surface area contributed by atoms with Gasteiger partial charge in [0.1, 0.15) is 0 Å². The number of nitrogens with zero attached hydrogens (tertiary/aromatic N) is 7. The smallest absolute Gasteiger partial charge is 0.240 e. The second-order valence-corrected chi connectivity index (χ2v) is 13.7. The first kappa shape index (κ1) is 45.4. The van der Waals surface area contributed by atoms with E-state index in [-0.39, 0.29) is 30.5 Å². The first-order chi connectivity index (χ1) is 25.2. The Hall–Kier alpha value is -2.77. The highest BCUT2D eigenvalue weighted by molar-refractivity contribution is 7.89. The maximum atomic E-state index is 12.9. The lowest BCUT2D eigenvalue weighted by atomic mass is 9.85. The van der Waals surface area contributed by atoms with E-state index in [9.17, 15) is 8.42 Å². The van der Waals surface area contributed by atoms with Crippen LogP contribution in [0.5, 0.6) is 0 Å². The molecule has 0 bridgehead atoms. The van der Waals surface area contributed by atoms with Crippen molar-refractivity contribution >= 4 is 33.2 Å². The first-order valence-electron chi connectivity index (χ1n) is 16.7. The van der Waals surface area contributed by atoms with Gasteiger partial charge in [-0.2, -0.15) is 0 Å². The van der Waals surface area contributed by atoms with Crippen molar-refractivity contribution in [3.8, 4) is 0 Å². The van der Waals surface area contributed by atoms with Crippen molar-refractivity contribution in [2.24, 2.45) is 16.0 Å². The number of ether oxygens (including phenoxy) is 6. The van der Waals surface area contributed by atoms with Crippen LogP contribution in [0, 0.1) is 0 Å². The molecule has 1 aliphatic heterocycles. The number of hydrogen-bond donors (Lipinski definition) is 2. The SMILES string of the molecule is CN1Cc2c(Cl)cc(Cl)cc2C(c2cccc(S(=O)(=O)NCCOCCOCCOCCN=[N+]=[N-])c2)C1.[N-]=[N+]=NCCOCCOCCOCCN. The molecule has 3 N–H and O–H groups in total. The standard InChI is InChI=1S/C24H31Cl2N5O5S.C8H18N4O3/c1-31-16-22(21-14-19(25)15-24(26)23(21)17-31)18-3-2-4-20(13-18)37(32,33)29-6-8-35-10-12-36-11-9-34-7-5-28-30-27;9-1-3-13-5-7-15-8-6-14-4-2-11-12-10/h2-4,13-15,22,29H,5-12,16-17H2,1H3;1-9H2. The van der Waals surface area contributed by atoms with E-state index >= 15 is 0 Å². The zero-order chi connectivity index (χ0) is 37.9. The average Bonchev–Trinajstić information content (AvgIpc) is 3.13. The Labute approximate surface area is 315 Å². The molecule has 0 spiro atoms. The van der Waals surface area contributed by atoms with Gasteiger partial charge in [-0.3, -0.25) is 0 Å². The van der Waals surface area contributed by atoms with Gasteiger partial charge in [0.05, 0.1) is 84.2 Å². The number of sulfonamides is 1. The van der Waals surface area contributed by atoms with Gasteiger partial charge in [-0.05, 0) is 59.1 Å². The lowest BCUT2D eigenvalue weighted by Crippen LogP contribution is -2.31. The quantitative estimate of drug-likeness (QED) is 0.0586. The highest BCUT2D eigenvalue weighted by Crippen LogP contribution is 2.38. The Morgan fingerprint density at radius 3 is 1.92 bits per heavy atom. The summed E-state index contributed by atoms with van der Waals surface area (Å²) < 4.78 is 59.8. The van der Waals surface area contributed by atoms with Crippen molar-refractivity contribution in [2.75, 3.05) is 119 Å². The molecule has 17 nitrogen and oxygen atoms in total. The summed E-state index contributed by atoms with van der Waals surface area (Å²) in [6.45, 7) is 7.86. The summed E-state index contributed by atoms with van der Waals surface area (Å²) in [6.07, 6.45) is 0. The molecule has 3 rings (SSSR count). The molecule has 0 fully saturated rings. The van der Waals surface area contributed by atoms with Crippen LogP contribution in [-0.2, 0) is 45.0 Å². The molecule has 0 aromatic heterocycles. The number of benzene rings is 2. The largest absolute Gasteiger partial charge is 0.379 e. The topological polar surface area (TPSA) is 228 Å². The Morgan fingerprint density at radius 1 is 0.827 bits per heavy atom. The molecule has 0 aliphatic carbocycles. The van der Waals surface area contributed by atoms with Gasteiger partial charge < -0.3 is 39.1 Å². The normalized spacial score (nSPS) is 14.1. The van der Waals surface area contributed by atoms with E-state index in [1.54, 1.807) is 24.3 Å². The minimum atomic E-state index is -3.72. The minimum absolute atomic E-state index is 0.0557. The van der Waals surface area contributed by atoms with Crippen molar-refractivity contribution < 1.29 is 36.8 Å². The zero-order valence-electron chi connectivity index (χ0n) is 29.4. The molecule has 1 unspecified atom stereocenters. The van der Waals surface area contributed by atoms with Crippen molar-refractivity contribution in [3.63, 3.8) is 0 Å². The number of hydrogen-bond acceptors (Lipinski definition) is 12. The Bertz CT molecular complexity index is 1520. The summed E-state index contributed by atoms with van der Waals surface area (Å²) in [4.78, 5) is 7.58. The van der Waals surface area contributed by atoms with Gasteiger partial charge >= 0.3 is 0 Å². The Kier molecular flexibility index (Phi) is 24.2.